The number of aromatic amines is 2. The van der Waals surface area contributed by atoms with Crippen molar-refractivity contribution in [3.63, 3.8) is 0 Å². The van der Waals surface area contributed by atoms with E-state index in [0.29, 0.717) is 0 Å². The van der Waals surface area contributed by atoms with Crippen LogP contribution < -0.4 is 0 Å². The van der Waals surface area contributed by atoms with E-state index < -0.39 is 0 Å². The van der Waals surface area contributed by atoms with Gasteiger partial charge in [0.25, 0.3) is 0 Å². The van der Waals surface area contributed by atoms with Crippen molar-refractivity contribution in [2.24, 2.45) is 0 Å². The number of fused-ring (bicyclic) bond motifs is 12. The van der Waals surface area contributed by atoms with Gasteiger partial charge in [-0.1, -0.05) is 24.3 Å². The average Bonchev–Trinajstić information content (AvgIpc) is 3.51. The fourth-order valence-electron chi connectivity index (χ4n) is 5.58. The third kappa shape index (κ3) is 2.54. The standard InChI is InChI=1S/C29H19N7/c1-14-34-27-19-8-6-17(11-22(19)25-20(28(27)35-14)4-3-9-30-25)16-5-7-18-21(10-16)23-12-31-32-13-24(23)29-26(18)33-15(2)36-29/h3-13,31H,1-2H3,(H,34,35). The summed E-state index contributed by atoms with van der Waals surface area (Å²) in [5, 5.41) is 14.8. The number of imidazole rings is 2. The summed E-state index contributed by atoms with van der Waals surface area (Å²) in [5.74, 6) is 1.67. The van der Waals surface area contributed by atoms with Crippen LogP contribution in [0.25, 0.3) is 76.4 Å². The molecule has 0 unspecified atom stereocenters. The van der Waals surface area contributed by atoms with Crippen molar-refractivity contribution >= 4 is 65.3 Å². The van der Waals surface area contributed by atoms with Gasteiger partial charge < -0.3 is 4.98 Å². The van der Waals surface area contributed by atoms with Crippen LogP contribution in [-0.4, -0.2) is 35.1 Å². The summed E-state index contributed by atoms with van der Waals surface area (Å²) in [6.07, 6.45) is 5.63. The normalized spacial score (nSPS) is 12.2. The molecule has 7 heteroatoms. The average molecular weight is 466 g/mol. The number of aromatic nitrogens is 7. The maximum absolute atomic E-state index is 4.75. The van der Waals surface area contributed by atoms with E-state index in [1.54, 1.807) is 0 Å². The van der Waals surface area contributed by atoms with Crippen LogP contribution in [0.3, 0.4) is 0 Å². The van der Waals surface area contributed by atoms with Crippen LogP contribution in [0.1, 0.15) is 11.6 Å². The van der Waals surface area contributed by atoms with E-state index in [0.717, 1.165) is 88.1 Å². The molecule has 0 amide bonds. The van der Waals surface area contributed by atoms with Crippen LogP contribution in [0.15, 0.2) is 67.1 Å². The molecule has 0 saturated heterocycles. The number of benzene rings is 4. The largest absolute Gasteiger partial charge is 0.342 e. The first kappa shape index (κ1) is 19.4. The number of pyridine rings is 1. The Morgan fingerprint density at radius 1 is 0.639 bits per heavy atom. The molecule has 0 aliphatic carbocycles. The molecule has 36 heavy (non-hydrogen) atoms. The lowest BCUT2D eigenvalue weighted by Gasteiger charge is -2.10. The molecule has 7 nitrogen and oxygen atoms in total. The molecule has 8 rings (SSSR count). The summed E-state index contributed by atoms with van der Waals surface area (Å²) in [6.45, 7) is 3.92. The lowest BCUT2D eigenvalue weighted by Crippen LogP contribution is -1.88. The van der Waals surface area contributed by atoms with Gasteiger partial charge in [-0.15, -0.1) is 0 Å². The number of aryl methyl sites for hydroxylation is 2. The second-order valence-electron chi connectivity index (χ2n) is 9.29. The Hall–Kier alpha value is -4.91. The molecule has 170 valence electrons. The highest BCUT2D eigenvalue weighted by Gasteiger charge is 2.16. The van der Waals surface area contributed by atoms with E-state index in [1.165, 1.54) is 0 Å². The predicted molar refractivity (Wildman–Crippen MR) is 144 cm³/mol. The number of rotatable bonds is 1. The van der Waals surface area contributed by atoms with Crippen molar-refractivity contribution in [1.82, 2.24) is 35.1 Å². The van der Waals surface area contributed by atoms with Gasteiger partial charge in [0, 0.05) is 44.7 Å². The Balaban J connectivity index is 1.45. The number of hydrogen-bond donors (Lipinski definition) is 2. The molecule has 8 aromatic rings. The van der Waals surface area contributed by atoms with Crippen LogP contribution in [0.2, 0.25) is 0 Å². The first-order chi connectivity index (χ1) is 17.7. The van der Waals surface area contributed by atoms with Crippen LogP contribution in [-0.2, 0) is 0 Å². The molecular formula is C29H19N7. The van der Waals surface area contributed by atoms with E-state index >= 15 is 0 Å². The molecule has 4 aromatic carbocycles. The summed E-state index contributed by atoms with van der Waals surface area (Å²) in [7, 11) is 0. The molecular weight excluding hydrogens is 446 g/mol. The van der Waals surface area contributed by atoms with Gasteiger partial charge in [0.15, 0.2) is 0 Å². The third-order valence-electron chi connectivity index (χ3n) is 7.12. The second-order valence-corrected chi connectivity index (χ2v) is 9.29. The Bertz CT molecular complexity index is 2030. The van der Waals surface area contributed by atoms with Gasteiger partial charge in [-0.3, -0.25) is 10.1 Å². The second kappa shape index (κ2) is 6.82. The van der Waals surface area contributed by atoms with Gasteiger partial charge in [-0.05, 0) is 54.6 Å². The molecule has 2 N–H and O–H groups in total. The van der Waals surface area contributed by atoms with Crippen LogP contribution in [0, 0.1) is 13.8 Å². The molecule has 0 atom stereocenters. The zero-order valence-electron chi connectivity index (χ0n) is 19.6. The predicted octanol–water partition coefficient (Wildman–Crippen LogP) is 6.52. The van der Waals surface area contributed by atoms with Gasteiger partial charge >= 0.3 is 0 Å². The third-order valence-corrected chi connectivity index (χ3v) is 7.12. The zero-order valence-corrected chi connectivity index (χ0v) is 19.6. The summed E-state index contributed by atoms with van der Waals surface area (Å²) in [4.78, 5) is 22.4. The number of H-pyrrole nitrogens is 2. The lowest BCUT2D eigenvalue weighted by molar-refractivity contribution is 1.05. The molecule has 0 bridgehead atoms. The Morgan fingerprint density at radius 3 is 2.28 bits per heavy atom. The zero-order chi connectivity index (χ0) is 24.0. The minimum atomic E-state index is 0.768. The van der Waals surface area contributed by atoms with Crippen molar-refractivity contribution in [2.45, 2.75) is 13.8 Å². The highest BCUT2D eigenvalue weighted by molar-refractivity contribution is 6.24. The van der Waals surface area contributed by atoms with E-state index in [4.69, 9.17) is 15.0 Å². The number of nitrogens with one attached hydrogen (secondary N) is 2. The number of nitrogens with zero attached hydrogens (tertiary/aromatic N) is 5. The van der Waals surface area contributed by atoms with E-state index in [1.807, 2.05) is 38.5 Å². The van der Waals surface area contributed by atoms with Gasteiger partial charge in [-0.25, -0.2) is 15.0 Å². The molecule has 0 fully saturated rings. The SMILES string of the molecule is Cc1nc2c3ccc(-c4ccc5c(c4)c4ncccc4c4nc(C)[nH]c54)cc3c3c[nH]ncc3c2n1. The Labute approximate surface area is 204 Å². The topological polar surface area (TPSA) is 96.0 Å². The molecule has 0 radical (unpaired) electrons. The number of hydrogen-bond acceptors (Lipinski definition) is 5. The minimum absolute atomic E-state index is 0.768. The van der Waals surface area contributed by atoms with Gasteiger partial charge in [0.2, 0.25) is 0 Å². The molecule has 0 aliphatic rings. The first-order valence-electron chi connectivity index (χ1n) is 11.9. The van der Waals surface area contributed by atoms with Crippen molar-refractivity contribution in [1.29, 1.82) is 0 Å². The summed E-state index contributed by atoms with van der Waals surface area (Å²) < 4.78 is 0. The monoisotopic (exact) mass is 465 g/mol. The molecule has 4 aromatic heterocycles. The van der Waals surface area contributed by atoms with Gasteiger partial charge in [-0.2, -0.15) is 5.10 Å². The summed E-state index contributed by atoms with van der Waals surface area (Å²) in [6, 6.07) is 17.2. The fourth-order valence-corrected chi connectivity index (χ4v) is 5.58. The molecule has 4 heterocycles. The summed E-state index contributed by atoms with van der Waals surface area (Å²) >= 11 is 0. The molecule has 0 aliphatic heterocycles. The maximum atomic E-state index is 4.75. The van der Waals surface area contributed by atoms with Gasteiger partial charge in [0.1, 0.15) is 17.2 Å². The quantitative estimate of drug-likeness (QED) is 0.269. The smallest absolute Gasteiger partial charge is 0.126 e. The fraction of sp³-hybridized carbons (Fsp3) is 0.0690. The highest BCUT2D eigenvalue weighted by atomic mass is 15.1. The highest BCUT2D eigenvalue weighted by Crippen LogP contribution is 2.38. The van der Waals surface area contributed by atoms with Crippen LogP contribution in [0.5, 0.6) is 0 Å². The Kier molecular flexibility index (Phi) is 3.68. The van der Waals surface area contributed by atoms with E-state index in [-0.39, 0.29) is 0 Å². The lowest BCUT2D eigenvalue weighted by atomic mass is 9.95. The first-order valence-corrected chi connectivity index (χ1v) is 11.9. The summed E-state index contributed by atoms with van der Waals surface area (Å²) in [5.41, 5.74) is 7.05. The van der Waals surface area contributed by atoms with Crippen LogP contribution >= 0.6 is 0 Å². The van der Waals surface area contributed by atoms with Gasteiger partial charge in [0.05, 0.1) is 28.3 Å². The van der Waals surface area contributed by atoms with Crippen molar-refractivity contribution in [3.05, 3.63) is 78.8 Å². The van der Waals surface area contributed by atoms with Crippen LogP contribution in [0.4, 0.5) is 0 Å². The molecule has 0 saturated carbocycles. The van der Waals surface area contributed by atoms with Crippen molar-refractivity contribution in [2.75, 3.05) is 0 Å². The van der Waals surface area contributed by atoms with Crippen molar-refractivity contribution < 1.29 is 0 Å². The Morgan fingerprint density at radius 2 is 1.42 bits per heavy atom. The van der Waals surface area contributed by atoms with E-state index in [2.05, 4.69) is 62.6 Å². The maximum Gasteiger partial charge on any atom is 0.126 e. The minimum Gasteiger partial charge on any atom is -0.342 e. The van der Waals surface area contributed by atoms with Crippen molar-refractivity contribution in [3.8, 4) is 11.1 Å². The van der Waals surface area contributed by atoms with E-state index in [9.17, 15) is 0 Å². The molecule has 0 spiro atoms.